The van der Waals surface area contributed by atoms with Gasteiger partial charge in [0.25, 0.3) is 0 Å². The first-order valence-corrected chi connectivity index (χ1v) is 8.04. The fraction of sp³-hybridized carbons (Fsp3) is 0.667. The zero-order valence-electron chi connectivity index (χ0n) is 12.6. The van der Waals surface area contributed by atoms with E-state index in [9.17, 15) is 0 Å². The standard InChI is InChI=1S/C18H29N/c1-3-14-5-7-16(8-6-14)12-18-11-15(4-2)9-10-17(18)13-19/h5-8,15,17-18H,3-4,9-13,19H2,1-2H3. The van der Waals surface area contributed by atoms with E-state index in [4.69, 9.17) is 5.73 Å². The molecule has 3 unspecified atom stereocenters. The van der Waals surface area contributed by atoms with Crippen molar-refractivity contribution in [2.75, 3.05) is 6.54 Å². The lowest BCUT2D eigenvalue weighted by molar-refractivity contribution is 0.180. The zero-order chi connectivity index (χ0) is 13.7. The Balaban J connectivity index is 2.01. The quantitative estimate of drug-likeness (QED) is 0.843. The van der Waals surface area contributed by atoms with Crippen LogP contribution in [0.2, 0.25) is 0 Å². The van der Waals surface area contributed by atoms with E-state index < -0.39 is 0 Å². The summed E-state index contributed by atoms with van der Waals surface area (Å²) in [5, 5.41) is 0. The van der Waals surface area contributed by atoms with E-state index in [1.165, 1.54) is 43.2 Å². The van der Waals surface area contributed by atoms with Crippen LogP contribution in [0.1, 0.15) is 50.7 Å². The Bertz CT molecular complexity index is 368. The molecule has 2 N–H and O–H groups in total. The van der Waals surface area contributed by atoms with Crippen LogP contribution in [0.4, 0.5) is 0 Å². The van der Waals surface area contributed by atoms with Gasteiger partial charge >= 0.3 is 0 Å². The molecule has 1 heteroatoms. The average Bonchev–Trinajstić information content (AvgIpc) is 2.48. The lowest BCUT2D eigenvalue weighted by Crippen LogP contribution is -2.31. The zero-order valence-corrected chi connectivity index (χ0v) is 12.6. The van der Waals surface area contributed by atoms with Crippen molar-refractivity contribution >= 4 is 0 Å². The average molecular weight is 259 g/mol. The Labute approximate surface area is 118 Å². The fourth-order valence-electron chi connectivity index (χ4n) is 3.57. The van der Waals surface area contributed by atoms with Crippen LogP contribution < -0.4 is 5.73 Å². The highest BCUT2D eigenvalue weighted by Gasteiger charge is 2.28. The van der Waals surface area contributed by atoms with Crippen LogP contribution in [0.25, 0.3) is 0 Å². The minimum atomic E-state index is 0.744. The molecule has 106 valence electrons. The highest BCUT2D eigenvalue weighted by molar-refractivity contribution is 5.23. The Morgan fingerprint density at radius 2 is 1.68 bits per heavy atom. The number of rotatable bonds is 5. The first-order valence-electron chi connectivity index (χ1n) is 8.04. The molecule has 0 heterocycles. The van der Waals surface area contributed by atoms with Crippen molar-refractivity contribution in [3.63, 3.8) is 0 Å². The molecule has 0 bridgehead atoms. The molecule has 0 radical (unpaired) electrons. The van der Waals surface area contributed by atoms with Gasteiger partial charge in [-0.15, -0.1) is 0 Å². The lowest BCUT2D eigenvalue weighted by Gasteiger charge is -2.35. The van der Waals surface area contributed by atoms with Crippen molar-refractivity contribution in [2.45, 2.75) is 52.4 Å². The largest absolute Gasteiger partial charge is 0.330 e. The first kappa shape index (κ1) is 14.6. The summed E-state index contributed by atoms with van der Waals surface area (Å²) in [4.78, 5) is 0. The topological polar surface area (TPSA) is 26.0 Å². The monoisotopic (exact) mass is 259 g/mol. The maximum atomic E-state index is 5.98. The fourth-order valence-corrected chi connectivity index (χ4v) is 3.57. The minimum Gasteiger partial charge on any atom is -0.330 e. The van der Waals surface area contributed by atoms with Gasteiger partial charge < -0.3 is 5.73 Å². The number of benzene rings is 1. The van der Waals surface area contributed by atoms with Crippen molar-refractivity contribution in [2.24, 2.45) is 23.5 Å². The van der Waals surface area contributed by atoms with Crippen molar-refractivity contribution in [3.8, 4) is 0 Å². The molecule has 1 nitrogen and oxygen atoms in total. The summed E-state index contributed by atoms with van der Waals surface area (Å²) < 4.78 is 0. The first-order chi connectivity index (χ1) is 9.26. The molecule has 0 aromatic heterocycles. The van der Waals surface area contributed by atoms with E-state index in [1.807, 2.05) is 0 Å². The third-order valence-corrected chi connectivity index (χ3v) is 5.06. The van der Waals surface area contributed by atoms with Crippen LogP contribution in [0, 0.1) is 17.8 Å². The summed E-state index contributed by atoms with van der Waals surface area (Å²) in [6.45, 7) is 5.42. The van der Waals surface area contributed by atoms with E-state index in [2.05, 4.69) is 38.1 Å². The van der Waals surface area contributed by atoms with Gasteiger partial charge in [-0.3, -0.25) is 0 Å². The van der Waals surface area contributed by atoms with Crippen LogP contribution in [-0.2, 0) is 12.8 Å². The second kappa shape index (κ2) is 7.09. The summed E-state index contributed by atoms with van der Waals surface area (Å²) in [6.07, 6.45) is 7.81. The van der Waals surface area contributed by atoms with Gasteiger partial charge in [0.1, 0.15) is 0 Å². The Kier molecular flexibility index (Phi) is 5.45. The number of hydrogen-bond donors (Lipinski definition) is 1. The third kappa shape index (κ3) is 3.82. The van der Waals surface area contributed by atoms with E-state index in [-0.39, 0.29) is 0 Å². The van der Waals surface area contributed by atoms with Gasteiger partial charge in [0, 0.05) is 0 Å². The van der Waals surface area contributed by atoms with Crippen molar-refractivity contribution in [1.82, 2.24) is 0 Å². The SMILES string of the molecule is CCc1ccc(CC2CC(CC)CCC2CN)cc1. The van der Waals surface area contributed by atoms with Gasteiger partial charge in [-0.05, 0) is 61.1 Å². The number of hydrogen-bond acceptors (Lipinski definition) is 1. The van der Waals surface area contributed by atoms with Gasteiger partial charge in [0.15, 0.2) is 0 Å². The van der Waals surface area contributed by atoms with Gasteiger partial charge in [-0.1, -0.05) is 51.0 Å². The second-order valence-electron chi connectivity index (χ2n) is 6.22. The van der Waals surface area contributed by atoms with Crippen LogP contribution in [-0.4, -0.2) is 6.54 Å². The smallest absolute Gasteiger partial charge is 0.00461 e. The molecule has 0 aliphatic heterocycles. The van der Waals surface area contributed by atoms with Gasteiger partial charge in [0.2, 0.25) is 0 Å². The van der Waals surface area contributed by atoms with Crippen molar-refractivity contribution < 1.29 is 0 Å². The molecule has 1 fully saturated rings. The van der Waals surface area contributed by atoms with Gasteiger partial charge in [-0.25, -0.2) is 0 Å². The summed E-state index contributed by atoms with van der Waals surface area (Å²) in [5.41, 5.74) is 8.92. The van der Waals surface area contributed by atoms with E-state index in [0.717, 1.165) is 30.7 Å². The Hall–Kier alpha value is -0.820. The van der Waals surface area contributed by atoms with E-state index in [1.54, 1.807) is 0 Å². The van der Waals surface area contributed by atoms with Crippen LogP contribution in [0.3, 0.4) is 0 Å². The molecule has 1 aromatic rings. The Morgan fingerprint density at radius 3 is 2.26 bits per heavy atom. The van der Waals surface area contributed by atoms with Gasteiger partial charge in [-0.2, -0.15) is 0 Å². The molecule has 3 atom stereocenters. The summed E-state index contributed by atoms with van der Waals surface area (Å²) in [7, 11) is 0. The van der Waals surface area contributed by atoms with E-state index in [0.29, 0.717) is 0 Å². The molecular weight excluding hydrogens is 230 g/mol. The maximum Gasteiger partial charge on any atom is -0.00461 e. The molecular formula is C18H29N. The highest BCUT2D eigenvalue weighted by Crippen LogP contribution is 2.36. The molecule has 1 aliphatic carbocycles. The predicted octanol–water partition coefficient (Wildman–Crippen LogP) is 4.19. The van der Waals surface area contributed by atoms with Crippen molar-refractivity contribution in [3.05, 3.63) is 35.4 Å². The molecule has 0 saturated heterocycles. The minimum absolute atomic E-state index is 0.744. The molecule has 1 aliphatic rings. The summed E-state index contributed by atoms with van der Waals surface area (Å²) >= 11 is 0. The van der Waals surface area contributed by atoms with E-state index >= 15 is 0 Å². The number of nitrogens with two attached hydrogens (primary N) is 1. The maximum absolute atomic E-state index is 5.98. The lowest BCUT2D eigenvalue weighted by atomic mass is 9.71. The molecule has 1 saturated carbocycles. The molecule has 0 amide bonds. The molecule has 1 aromatic carbocycles. The van der Waals surface area contributed by atoms with Crippen LogP contribution >= 0.6 is 0 Å². The second-order valence-corrected chi connectivity index (χ2v) is 6.22. The van der Waals surface area contributed by atoms with Gasteiger partial charge in [0.05, 0.1) is 0 Å². The predicted molar refractivity (Wildman–Crippen MR) is 83.2 cm³/mol. The van der Waals surface area contributed by atoms with Crippen LogP contribution in [0.15, 0.2) is 24.3 Å². The number of aryl methyl sites for hydroxylation is 1. The Morgan fingerprint density at radius 1 is 1.00 bits per heavy atom. The normalized spacial score (nSPS) is 27.4. The van der Waals surface area contributed by atoms with Crippen LogP contribution in [0.5, 0.6) is 0 Å². The molecule has 2 rings (SSSR count). The highest BCUT2D eigenvalue weighted by atomic mass is 14.6. The summed E-state index contributed by atoms with van der Waals surface area (Å²) in [6, 6.07) is 9.21. The molecule has 19 heavy (non-hydrogen) atoms. The third-order valence-electron chi connectivity index (χ3n) is 5.06. The summed E-state index contributed by atoms with van der Waals surface area (Å²) in [5.74, 6) is 2.48. The van der Waals surface area contributed by atoms with Crippen molar-refractivity contribution in [1.29, 1.82) is 0 Å². The molecule has 0 spiro atoms.